The standard InChI is InChI=1S/C15H23NO3/c1-10-8-15(10,9-16-2)14-12(18-4)6-11(17-3)7-13(14)19-5/h6-7,10,16H,8-9H2,1-5H3. The third-order valence-corrected chi connectivity index (χ3v) is 4.16. The Balaban J connectivity index is 2.54. The summed E-state index contributed by atoms with van der Waals surface area (Å²) in [6, 6.07) is 3.86. The molecule has 1 aromatic carbocycles. The summed E-state index contributed by atoms with van der Waals surface area (Å²) in [7, 11) is 7.02. The van der Waals surface area contributed by atoms with E-state index in [0.717, 1.165) is 35.8 Å². The first-order valence-electron chi connectivity index (χ1n) is 6.58. The minimum atomic E-state index is 0.109. The van der Waals surface area contributed by atoms with Gasteiger partial charge in [0.1, 0.15) is 17.2 Å². The normalized spacial score (nSPS) is 25.0. The van der Waals surface area contributed by atoms with Crippen LogP contribution in [0.4, 0.5) is 0 Å². The van der Waals surface area contributed by atoms with E-state index in [1.165, 1.54) is 0 Å². The Bertz CT molecular complexity index is 436. The van der Waals surface area contributed by atoms with Crippen molar-refractivity contribution in [3.8, 4) is 17.2 Å². The Kier molecular flexibility index (Phi) is 3.90. The van der Waals surface area contributed by atoms with E-state index in [4.69, 9.17) is 14.2 Å². The highest BCUT2D eigenvalue weighted by Crippen LogP contribution is 2.59. The number of nitrogens with one attached hydrogen (secondary N) is 1. The molecule has 2 unspecified atom stereocenters. The number of hydrogen-bond acceptors (Lipinski definition) is 4. The van der Waals surface area contributed by atoms with Crippen molar-refractivity contribution in [3.05, 3.63) is 17.7 Å². The maximum atomic E-state index is 5.56. The molecule has 1 N–H and O–H groups in total. The fourth-order valence-electron chi connectivity index (χ4n) is 2.98. The Hall–Kier alpha value is -1.42. The molecule has 0 aliphatic heterocycles. The van der Waals surface area contributed by atoms with Gasteiger partial charge < -0.3 is 19.5 Å². The Morgan fingerprint density at radius 3 is 2.00 bits per heavy atom. The number of ether oxygens (including phenoxy) is 3. The SMILES string of the molecule is CNCC1(c2c(OC)cc(OC)cc2OC)CC1C. The van der Waals surface area contributed by atoms with Crippen LogP contribution in [0.25, 0.3) is 0 Å². The third-order valence-electron chi connectivity index (χ3n) is 4.16. The summed E-state index contributed by atoms with van der Waals surface area (Å²) in [5, 5.41) is 3.29. The van der Waals surface area contributed by atoms with Gasteiger partial charge in [0.2, 0.25) is 0 Å². The molecule has 2 atom stereocenters. The molecule has 0 aromatic heterocycles. The van der Waals surface area contributed by atoms with Gasteiger partial charge in [-0.25, -0.2) is 0 Å². The van der Waals surface area contributed by atoms with Gasteiger partial charge in [0.15, 0.2) is 0 Å². The topological polar surface area (TPSA) is 39.7 Å². The molecule has 2 rings (SSSR count). The molecule has 4 heteroatoms. The highest BCUT2D eigenvalue weighted by molar-refractivity contribution is 5.57. The lowest BCUT2D eigenvalue weighted by Crippen LogP contribution is -2.26. The highest BCUT2D eigenvalue weighted by atomic mass is 16.5. The van der Waals surface area contributed by atoms with E-state index in [1.807, 2.05) is 19.2 Å². The summed E-state index contributed by atoms with van der Waals surface area (Å²) in [4.78, 5) is 0. The Morgan fingerprint density at radius 2 is 1.68 bits per heavy atom. The van der Waals surface area contributed by atoms with E-state index in [2.05, 4.69) is 12.2 Å². The fourth-order valence-corrected chi connectivity index (χ4v) is 2.98. The van der Waals surface area contributed by atoms with Crippen molar-refractivity contribution in [2.24, 2.45) is 5.92 Å². The molecule has 0 heterocycles. The lowest BCUT2D eigenvalue weighted by molar-refractivity contribution is 0.358. The number of methoxy groups -OCH3 is 3. The predicted octanol–water partition coefficient (Wildman–Crippen LogP) is 2.21. The van der Waals surface area contributed by atoms with Crippen LogP contribution in [0.15, 0.2) is 12.1 Å². The highest BCUT2D eigenvalue weighted by Gasteiger charge is 2.54. The molecule has 106 valence electrons. The van der Waals surface area contributed by atoms with Crippen molar-refractivity contribution < 1.29 is 14.2 Å². The molecule has 1 aliphatic carbocycles. The number of benzene rings is 1. The molecule has 1 aliphatic rings. The number of likely N-dealkylation sites (N-methyl/N-ethyl adjacent to an activating group) is 1. The summed E-state index contributed by atoms with van der Waals surface area (Å²) < 4.78 is 16.4. The van der Waals surface area contributed by atoms with Crippen LogP contribution >= 0.6 is 0 Å². The summed E-state index contributed by atoms with van der Waals surface area (Å²) in [6.45, 7) is 3.19. The molecule has 0 saturated heterocycles. The molecule has 1 aromatic rings. The van der Waals surface area contributed by atoms with E-state index in [0.29, 0.717) is 5.92 Å². The lowest BCUT2D eigenvalue weighted by atomic mass is 9.91. The van der Waals surface area contributed by atoms with Crippen molar-refractivity contribution in [2.45, 2.75) is 18.8 Å². The van der Waals surface area contributed by atoms with Gasteiger partial charge in [0, 0.05) is 29.7 Å². The maximum Gasteiger partial charge on any atom is 0.130 e. The molecule has 0 spiro atoms. The molecule has 0 amide bonds. The fraction of sp³-hybridized carbons (Fsp3) is 0.600. The molecule has 4 nitrogen and oxygen atoms in total. The molecule has 19 heavy (non-hydrogen) atoms. The molecule has 0 radical (unpaired) electrons. The minimum Gasteiger partial charge on any atom is -0.496 e. The summed E-state index contributed by atoms with van der Waals surface area (Å²) in [5.74, 6) is 3.06. The maximum absolute atomic E-state index is 5.56. The van der Waals surface area contributed by atoms with Crippen LogP contribution in [0.2, 0.25) is 0 Å². The van der Waals surface area contributed by atoms with Crippen LogP contribution in [-0.4, -0.2) is 34.9 Å². The zero-order chi connectivity index (χ0) is 14.0. The average Bonchev–Trinajstić information content (AvgIpc) is 3.08. The van der Waals surface area contributed by atoms with Gasteiger partial charge in [-0.2, -0.15) is 0 Å². The zero-order valence-electron chi connectivity index (χ0n) is 12.4. The molecular weight excluding hydrogens is 242 g/mol. The van der Waals surface area contributed by atoms with Crippen molar-refractivity contribution in [1.82, 2.24) is 5.32 Å². The van der Waals surface area contributed by atoms with Crippen molar-refractivity contribution in [2.75, 3.05) is 34.9 Å². The van der Waals surface area contributed by atoms with Crippen LogP contribution in [0, 0.1) is 5.92 Å². The first-order chi connectivity index (χ1) is 9.12. The van der Waals surface area contributed by atoms with E-state index >= 15 is 0 Å². The van der Waals surface area contributed by atoms with Crippen molar-refractivity contribution in [3.63, 3.8) is 0 Å². The van der Waals surface area contributed by atoms with Gasteiger partial charge in [-0.15, -0.1) is 0 Å². The van der Waals surface area contributed by atoms with E-state index in [1.54, 1.807) is 21.3 Å². The molecular formula is C15H23NO3. The smallest absolute Gasteiger partial charge is 0.130 e. The largest absolute Gasteiger partial charge is 0.496 e. The van der Waals surface area contributed by atoms with Crippen molar-refractivity contribution in [1.29, 1.82) is 0 Å². The van der Waals surface area contributed by atoms with Crippen LogP contribution in [0.1, 0.15) is 18.9 Å². The third kappa shape index (κ3) is 2.25. The Labute approximate surface area is 115 Å². The Morgan fingerprint density at radius 1 is 1.16 bits per heavy atom. The first-order valence-corrected chi connectivity index (χ1v) is 6.58. The van der Waals surface area contributed by atoms with Crippen LogP contribution < -0.4 is 19.5 Å². The van der Waals surface area contributed by atoms with Gasteiger partial charge in [-0.3, -0.25) is 0 Å². The van der Waals surface area contributed by atoms with E-state index in [-0.39, 0.29) is 5.41 Å². The monoisotopic (exact) mass is 265 g/mol. The van der Waals surface area contributed by atoms with E-state index < -0.39 is 0 Å². The van der Waals surface area contributed by atoms with Gasteiger partial charge in [0.05, 0.1) is 21.3 Å². The summed E-state index contributed by atoms with van der Waals surface area (Å²) >= 11 is 0. The molecule has 0 bridgehead atoms. The molecule has 1 fully saturated rings. The van der Waals surface area contributed by atoms with E-state index in [9.17, 15) is 0 Å². The van der Waals surface area contributed by atoms with Gasteiger partial charge >= 0.3 is 0 Å². The van der Waals surface area contributed by atoms with Gasteiger partial charge in [-0.05, 0) is 19.4 Å². The second-order valence-electron chi connectivity index (χ2n) is 5.20. The van der Waals surface area contributed by atoms with Gasteiger partial charge in [-0.1, -0.05) is 6.92 Å². The molecule has 1 saturated carbocycles. The van der Waals surface area contributed by atoms with Crippen molar-refractivity contribution >= 4 is 0 Å². The van der Waals surface area contributed by atoms with Crippen LogP contribution in [0.5, 0.6) is 17.2 Å². The summed E-state index contributed by atoms with van der Waals surface area (Å²) in [5.41, 5.74) is 1.26. The quantitative estimate of drug-likeness (QED) is 0.856. The predicted molar refractivity (Wildman–Crippen MR) is 75.5 cm³/mol. The lowest BCUT2D eigenvalue weighted by Gasteiger charge is -2.23. The zero-order valence-corrected chi connectivity index (χ0v) is 12.4. The second kappa shape index (κ2) is 5.29. The minimum absolute atomic E-state index is 0.109. The van der Waals surface area contributed by atoms with Crippen LogP contribution in [-0.2, 0) is 5.41 Å². The van der Waals surface area contributed by atoms with Gasteiger partial charge in [0.25, 0.3) is 0 Å². The second-order valence-corrected chi connectivity index (χ2v) is 5.20. The van der Waals surface area contributed by atoms with Crippen LogP contribution in [0.3, 0.4) is 0 Å². The number of rotatable bonds is 6. The summed E-state index contributed by atoms with van der Waals surface area (Å²) in [6.07, 6.45) is 1.15. The average molecular weight is 265 g/mol. The first kappa shape index (κ1) is 14.0. The number of hydrogen-bond donors (Lipinski definition) is 1.